The number of aromatic nitrogens is 2. The number of imidazole rings is 1. The van der Waals surface area contributed by atoms with E-state index in [-0.39, 0.29) is 5.41 Å². The van der Waals surface area contributed by atoms with Gasteiger partial charge in [0.25, 0.3) is 0 Å². The van der Waals surface area contributed by atoms with E-state index in [4.69, 9.17) is 0 Å². The SMILES string of the molecule is CC(C)(C)C(Cn1ccnc1)NCc1ccc(Br)s1. The van der Waals surface area contributed by atoms with Gasteiger partial charge in [0.05, 0.1) is 10.1 Å². The first-order chi connectivity index (χ1) is 8.95. The summed E-state index contributed by atoms with van der Waals surface area (Å²) in [5, 5.41) is 3.67. The number of hydrogen-bond donors (Lipinski definition) is 1. The topological polar surface area (TPSA) is 29.9 Å². The zero-order valence-electron chi connectivity index (χ0n) is 11.6. The molecule has 104 valence electrons. The van der Waals surface area contributed by atoms with E-state index in [2.05, 4.69) is 63.7 Å². The van der Waals surface area contributed by atoms with Crippen LogP contribution in [-0.2, 0) is 13.1 Å². The average molecular weight is 342 g/mol. The lowest BCUT2D eigenvalue weighted by molar-refractivity contribution is 0.240. The first kappa shape index (κ1) is 14.8. The molecule has 3 nitrogen and oxygen atoms in total. The van der Waals surface area contributed by atoms with Crippen LogP contribution in [0.25, 0.3) is 0 Å². The number of hydrogen-bond acceptors (Lipinski definition) is 3. The minimum Gasteiger partial charge on any atom is -0.336 e. The van der Waals surface area contributed by atoms with Crippen LogP contribution in [0.3, 0.4) is 0 Å². The van der Waals surface area contributed by atoms with Gasteiger partial charge in [-0.05, 0) is 33.5 Å². The highest BCUT2D eigenvalue weighted by Crippen LogP contribution is 2.24. The molecule has 5 heteroatoms. The molecule has 1 unspecified atom stereocenters. The summed E-state index contributed by atoms with van der Waals surface area (Å²) in [5.74, 6) is 0. The molecule has 1 atom stereocenters. The molecule has 0 radical (unpaired) electrons. The maximum absolute atomic E-state index is 4.11. The summed E-state index contributed by atoms with van der Waals surface area (Å²) in [5.41, 5.74) is 0.207. The van der Waals surface area contributed by atoms with Gasteiger partial charge < -0.3 is 9.88 Å². The lowest BCUT2D eigenvalue weighted by Crippen LogP contribution is -2.42. The van der Waals surface area contributed by atoms with Crippen molar-refractivity contribution >= 4 is 27.3 Å². The smallest absolute Gasteiger partial charge is 0.0946 e. The summed E-state index contributed by atoms with van der Waals surface area (Å²) < 4.78 is 3.32. The lowest BCUT2D eigenvalue weighted by Gasteiger charge is -2.32. The van der Waals surface area contributed by atoms with Crippen molar-refractivity contribution in [2.45, 2.75) is 39.9 Å². The van der Waals surface area contributed by atoms with E-state index in [0.29, 0.717) is 6.04 Å². The highest BCUT2D eigenvalue weighted by molar-refractivity contribution is 9.11. The maximum atomic E-state index is 4.11. The Morgan fingerprint density at radius 3 is 2.74 bits per heavy atom. The second kappa shape index (κ2) is 6.20. The van der Waals surface area contributed by atoms with E-state index in [1.807, 2.05) is 18.7 Å². The van der Waals surface area contributed by atoms with Gasteiger partial charge >= 0.3 is 0 Å². The van der Waals surface area contributed by atoms with E-state index in [1.165, 1.54) is 8.66 Å². The molecule has 0 spiro atoms. The largest absolute Gasteiger partial charge is 0.336 e. The van der Waals surface area contributed by atoms with Gasteiger partial charge in [-0.15, -0.1) is 11.3 Å². The molecule has 0 fully saturated rings. The van der Waals surface area contributed by atoms with Crippen LogP contribution in [-0.4, -0.2) is 15.6 Å². The molecule has 0 aromatic carbocycles. The van der Waals surface area contributed by atoms with Crippen LogP contribution >= 0.6 is 27.3 Å². The molecule has 19 heavy (non-hydrogen) atoms. The van der Waals surface area contributed by atoms with E-state index in [1.54, 1.807) is 11.3 Å². The maximum Gasteiger partial charge on any atom is 0.0946 e. The summed E-state index contributed by atoms with van der Waals surface area (Å²) in [6.45, 7) is 8.66. The Hall–Kier alpha value is -0.650. The number of rotatable bonds is 5. The van der Waals surface area contributed by atoms with Gasteiger partial charge in [-0.1, -0.05) is 20.8 Å². The van der Waals surface area contributed by atoms with E-state index >= 15 is 0 Å². The highest BCUT2D eigenvalue weighted by Gasteiger charge is 2.24. The highest BCUT2D eigenvalue weighted by atomic mass is 79.9. The fourth-order valence-electron chi connectivity index (χ4n) is 1.92. The van der Waals surface area contributed by atoms with Gasteiger partial charge in [-0.2, -0.15) is 0 Å². The average Bonchev–Trinajstić information content (AvgIpc) is 2.94. The number of nitrogens with zero attached hydrogens (tertiary/aromatic N) is 2. The molecule has 0 saturated carbocycles. The summed E-state index contributed by atoms with van der Waals surface area (Å²) in [6.07, 6.45) is 5.72. The van der Waals surface area contributed by atoms with Crippen molar-refractivity contribution in [3.05, 3.63) is 39.5 Å². The Morgan fingerprint density at radius 2 is 2.21 bits per heavy atom. The predicted octanol–water partition coefficient (Wildman–Crippen LogP) is 3.91. The molecule has 0 bridgehead atoms. The molecule has 0 aliphatic rings. The molecule has 2 rings (SSSR count). The van der Waals surface area contributed by atoms with Crippen LogP contribution in [0.1, 0.15) is 25.6 Å². The quantitative estimate of drug-likeness (QED) is 0.893. The number of halogens is 1. The van der Waals surface area contributed by atoms with Crippen molar-refractivity contribution in [2.75, 3.05) is 0 Å². The molecular formula is C14H20BrN3S. The minimum absolute atomic E-state index is 0.207. The Balaban J connectivity index is 1.98. The van der Waals surface area contributed by atoms with Crippen LogP contribution in [0.5, 0.6) is 0 Å². The van der Waals surface area contributed by atoms with Gasteiger partial charge in [0.15, 0.2) is 0 Å². The van der Waals surface area contributed by atoms with Crippen molar-refractivity contribution in [1.82, 2.24) is 14.9 Å². The third-order valence-electron chi connectivity index (χ3n) is 3.15. The van der Waals surface area contributed by atoms with Crippen LogP contribution < -0.4 is 5.32 Å². The van der Waals surface area contributed by atoms with Crippen LogP contribution in [0.4, 0.5) is 0 Å². The van der Waals surface area contributed by atoms with Crippen LogP contribution in [0.2, 0.25) is 0 Å². The Labute approximate surface area is 127 Å². The molecule has 2 aromatic rings. The zero-order valence-corrected chi connectivity index (χ0v) is 14.0. The molecule has 2 heterocycles. The molecule has 2 aromatic heterocycles. The Bertz CT molecular complexity index is 499. The fourth-order valence-corrected chi connectivity index (χ4v) is 3.35. The first-order valence-electron chi connectivity index (χ1n) is 6.38. The van der Waals surface area contributed by atoms with Crippen molar-refractivity contribution < 1.29 is 0 Å². The molecule has 0 saturated heterocycles. The normalized spacial score (nSPS) is 13.7. The minimum atomic E-state index is 0.207. The number of nitrogens with one attached hydrogen (secondary N) is 1. The van der Waals surface area contributed by atoms with Crippen molar-refractivity contribution in [3.8, 4) is 0 Å². The van der Waals surface area contributed by atoms with E-state index in [9.17, 15) is 0 Å². The predicted molar refractivity (Wildman–Crippen MR) is 84.3 cm³/mol. The molecule has 0 aliphatic heterocycles. The van der Waals surface area contributed by atoms with Crippen molar-refractivity contribution in [1.29, 1.82) is 0 Å². The number of thiophene rings is 1. The zero-order chi connectivity index (χ0) is 13.9. The third kappa shape index (κ3) is 4.44. The van der Waals surface area contributed by atoms with Crippen LogP contribution in [0.15, 0.2) is 34.6 Å². The summed E-state index contributed by atoms with van der Waals surface area (Å²) in [6, 6.07) is 4.67. The van der Waals surface area contributed by atoms with Gasteiger partial charge in [0, 0.05) is 36.4 Å². The lowest BCUT2D eigenvalue weighted by atomic mass is 9.86. The summed E-state index contributed by atoms with van der Waals surface area (Å²) in [4.78, 5) is 5.46. The molecule has 0 aliphatic carbocycles. The van der Waals surface area contributed by atoms with E-state index < -0.39 is 0 Å². The Kier molecular flexibility index (Phi) is 4.81. The van der Waals surface area contributed by atoms with Crippen molar-refractivity contribution in [3.63, 3.8) is 0 Å². The third-order valence-corrected chi connectivity index (χ3v) is 4.77. The van der Waals surface area contributed by atoms with Gasteiger partial charge in [0.2, 0.25) is 0 Å². The summed E-state index contributed by atoms with van der Waals surface area (Å²) in [7, 11) is 0. The van der Waals surface area contributed by atoms with Crippen LogP contribution in [0, 0.1) is 5.41 Å². The second-order valence-corrected chi connectivity index (χ2v) is 8.31. The van der Waals surface area contributed by atoms with Gasteiger partial charge in [-0.3, -0.25) is 0 Å². The monoisotopic (exact) mass is 341 g/mol. The molecule has 0 amide bonds. The fraction of sp³-hybridized carbons (Fsp3) is 0.500. The standard InChI is InChI=1S/C14H20BrN3S/c1-14(2,3)12(9-18-7-6-16-10-18)17-8-11-4-5-13(15)19-11/h4-7,10,12,17H,8-9H2,1-3H3. The first-order valence-corrected chi connectivity index (χ1v) is 7.99. The second-order valence-electron chi connectivity index (χ2n) is 5.76. The summed E-state index contributed by atoms with van der Waals surface area (Å²) >= 11 is 5.29. The van der Waals surface area contributed by atoms with Crippen molar-refractivity contribution in [2.24, 2.45) is 5.41 Å². The molecular weight excluding hydrogens is 322 g/mol. The van der Waals surface area contributed by atoms with Gasteiger partial charge in [0.1, 0.15) is 0 Å². The van der Waals surface area contributed by atoms with Gasteiger partial charge in [-0.25, -0.2) is 4.98 Å². The molecule has 1 N–H and O–H groups in total. The van der Waals surface area contributed by atoms with E-state index in [0.717, 1.165) is 13.1 Å². The Morgan fingerprint density at radius 1 is 1.42 bits per heavy atom.